The molecule has 2 aliphatic heterocycles. The van der Waals surface area contributed by atoms with Crippen molar-refractivity contribution in [3.05, 3.63) is 0 Å². The summed E-state index contributed by atoms with van der Waals surface area (Å²) >= 11 is 1.75. The van der Waals surface area contributed by atoms with Crippen LogP contribution >= 0.6 is 11.8 Å². The number of aliphatic imine (C=N–C) groups is 1. The van der Waals surface area contributed by atoms with Crippen LogP contribution < -0.4 is 5.32 Å². The Morgan fingerprint density at radius 3 is 3.00 bits per heavy atom. The van der Waals surface area contributed by atoms with Gasteiger partial charge in [-0.2, -0.15) is 0 Å². The second kappa shape index (κ2) is 4.96. The van der Waals surface area contributed by atoms with Crippen LogP contribution in [-0.4, -0.2) is 42.9 Å². The third-order valence-electron chi connectivity index (χ3n) is 2.96. The third-order valence-corrected chi connectivity index (χ3v) is 6.07. The van der Waals surface area contributed by atoms with Crippen molar-refractivity contribution in [1.82, 2.24) is 5.32 Å². The van der Waals surface area contributed by atoms with Gasteiger partial charge in [0.25, 0.3) is 0 Å². The lowest BCUT2D eigenvalue weighted by Gasteiger charge is -2.23. The summed E-state index contributed by atoms with van der Waals surface area (Å²) in [6, 6.07) is 0.0700. The van der Waals surface area contributed by atoms with Crippen LogP contribution in [-0.2, 0) is 9.84 Å². The van der Waals surface area contributed by atoms with Gasteiger partial charge in [0.2, 0.25) is 0 Å². The Kier molecular flexibility index (Phi) is 3.79. The van der Waals surface area contributed by atoms with Crippen LogP contribution in [0.1, 0.15) is 26.2 Å². The fourth-order valence-corrected chi connectivity index (χ4v) is 4.67. The monoisotopic (exact) mass is 262 g/mol. The van der Waals surface area contributed by atoms with E-state index < -0.39 is 9.84 Å². The minimum Gasteiger partial charge on any atom is -0.361 e. The van der Waals surface area contributed by atoms with Gasteiger partial charge in [0, 0.05) is 11.3 Å². The van der Waals surface area contributed by atoms with E-state index in [1.54, 1.807) is 11.8 Å². The molecule has 16 heavy (non-hydrogen) atoms. The fraction of sp³-hybridized carbons (Fsp3) is 0.900. The molecular formula is C10H18N2O2S2. The lowest BCUT2D eigenvalue weighted by molar-refractivity contribution is 0.533. The van der Waals surface area contributed by atoms with Gasteiger partial charge in [-0.1, -0.05) is 18.7 Å². The Bertz CT molecular complexity index is 378. The Morgan fingerprint density at radius 1 is 1.56 bits per heavy atom. The molecule has 2 atom stereocenters. The van der Waals surface area contributed by atoms with Gasteiger partial charge >= 0.3 is 0 Å². The van der Waals surface area contributed by atoms with Crippen molar-refractivity contribution in [2.24, 2.45) is 4.99 Å². The molecule has 0 aromatic rings. The van der Waals surface area contributed by atoms with E-state index in [0.29, 0.717) is 11.0 Å². The Labute approximate surface area is 101 Å². The largest absolute Gasteiger partial charge is 0.361 e. The van der Waals surface area contributed by atoms with Gasteiger partial charge in [0.15, 0.2) is 15.0 Å². The SMILES string of the molecule is CCC1CN=C(NC2CCCS(=O)(=O)C2)S1. The topological polar surface area (TPSA) is 58.5 Å². The summed E-state index contributed by atoms with van der Waals surface area (Å²) in [6.45, 7) is 3.02. The molecule has 4 nitrogen and oxygen atoms in total. The molecule has 2 rings (SSSR count). The van der Waals surface area contributed by atoms with E-state index in [2.05, 4.69) is 17.2 Å². The Hall–Kier alpha value is -0.230. The molecule has 2 heterocycles. The number of thioether (sulfide) groups is 1. The summed E-state index contributed by atoms with van der Waals surface area (Å²) in [5.41, 5.74) is 0. The van der Waals surface area contributed by atoms with Crippen LogP contribution in [0.4, 0.5) is 0 Å². The third kappa shape index (κ3) is 3.13. The summed E-state index contributed by atoms with van der Waals surface area (Å²) in [7, 11) is -2.82. The normalized spacial score (nSPS) is 33.4. The molecule has 6 heteroatoms. The molecule has 0 radical (unpaired) electrons. The number of sulfone groups is 1. The van der Waals surface area contributed by atoms with E-state index in [-0.39, 0.29) is 11.8 Å². The summed E-state index contributed by atoms with van der Waals surface area (Å²) in [5.74, 6) is 0.617. The summed E-state index contributed by atoms with van der Waals surface area (Å²) in [6.07, 6.45) is 2.83. The number of hydrogen-bond donors (Lipinski definition) is 1. The summed E-state index contributed by atoms with van der Waals surface area (Å²) < 4.78 is 22.9. The van der Waals surface area contributed by atoms with E-state index in [4.69, 9.17) is 0 Å². The van der Waals surface area contributed by atoms with E-state index in [1.807, 2.05) is 0 Å². The molecule has 2 aliphatic rings. The minimum absolute atomic E-state index is 0.0700. The molecular weight excluding hydrogens is 244 g/mol. The highest BCUT2D eigenvalue weighted by Crippen LogP contribution is 2.23. The van der Waals surface area contributed by atoms with Crippen LogP contribution in [0, 0.1) is 0 Å². The van der Waals surface area contributed by atoms with E-state index >= 15 is 0 Å². The van der Waals surface area contributed by atoms with Crippen LogP contribution in [0.5, 0.6) is 0 Å². The second-order valence-corrected chi connectivity index (χ2v) is 7.91. The zero-order chi connectivity index (χ0) is 11.6. The first-order valence-corrected chi connectivity index (χ1v) is 8.47. The van der Waals surface area contributed by atoms with Crippen LogP contribution in [0.3, 0.4) is 0 Å². The number of nitrogens with zero attached hydrogens (tertiary/aromatic N) is 1. The average molecular weight is 262 g/mol. The Balaban J connectivity index is 1.86. The van der Waals surface area contributed by atoms with Gasteiger partial charge in [-0.25, -0.2) is 8.42 Å². The highest BCUT2D eigenvalue weighted by atomic mass is 32.2. The molecule has 1 saturated heterocycles. The van der Waals surface area contributed by atoms with Crippen molar-refractivity contribution in [2.75, 3.05) is 18.1 Å². The van der Waals surface area contributed by atoms with Gasteiger partial charge < -0.3 is 5.32 Å². The van der Waals surface area contributed by atoms with Crippen LogP contribution in [0.15, 0.2) is 4.99 Å². The molecule has 0 saturated carbocycles. The predicted octanol–water partition coefficient (Wildman–Crippen LogP) is 1.03. The predicted molar refractivity (Wildman–Crippen MR) is 68.8 cm³/mol. The van der Waals surface area contributed by atoms with E-state index in [9.17, 15) is 8.42 Å². The van der Waals surface area contributed by atoms with Crippen molar-refractivity contribution in [1.29, 1.82) is 0 Å². The number of amidine groups is 1. The van der Waals surface area contributed by atoms with Crippen LogP contribution in [0.25, 0.3) is 0 Å². The molecule has 1 N–H and O–H groups in total. The van der Waals surface area contributed by atoms with Crippen molar-refractivity contribution >= 4 is 26.8 Å². The molecule has 0 aromatic carbocycles. The highest BCUT2D eigenvalue weighted by molar-refractivity contribution is 8.14. The Morgan fingerprint density at radius 2 is 2.38 bits per heavy atom. The molecule has 0 amide bonds. The quantitative estimate of drug-likeness (QED) is 0.807. The minimum atomic E-state index is -2.82. The first-order chi connectivity index (χ1) is 7.59. The molecule has 0 aliphatic carbocycles. The first-order valence-electron chi connectivity index (χ1n) is 5.77. The lowest BCUT2D eigenvalue weighted by atomic mass is 10.2. The average Bonchev–Trinajstić information content (AvgIpc) is 2.64. The molecule has 0 spiro atoms. The van der Waals surface area contributed by atoms with Crippen molar-refractivity contribution in [3.63, 3.8) is 0 Å². The number of rotatable bonds is 2. The van der Waals surface area contributed by atoms with Gasteiger partial charge in [-0.3, -0.25) is 4.99 Å². The maximum absolute atomic E-state index is 11.5. The second-order valence-electron chi connectivity index (χ2n) is 4.39. The van der Waals surface area contributed by atoms with Crippen molar-refractivity contribution in [3.8, 4) is 0 Å². The molecule has 0 bridgehead atoms. The van der Waals surface area contributed by atoms with Gasteiger partial charge in [-0.05, 0) is 19.3 Å². The van der Waals surface area contributed by atoms with E-state index in [0.717, 1.165) is 31.0 Å². The summed E-state index contributed by atoms with van der Waals surface area (Å²) in [4.78, 5) is 4.40. The lowest BCUT2D eigenvalue weighted by Crippen LogP contribution is -2.42. The number of nitrogens with one attached hydrogen (secondary N) is 1. The maximum Gasteiger partial charge on any atom is 0.157 e. The fourth-order valence-electron chi connectivity index (χ4n) is 2.02. The van der Waals surface area contributed by atoms with Crippen LogP contribution in [0.2, 0.25) is 0 Å². The van der Waals surface area contributed by atoms with Gasteiger partial charge in [0.1, 0.15) is 0 Å². The van der Waals surface area contributed by atoms with Gasteiger partial charge in [0.05, 0.1) is 18.1 Å². The highest BCUT2D eigenvalue weighted by Gasteiger charge is 2.27. The smallest absolute Gasteiger partial charge is 0.157 e. The molecule has 2 unspecified atom stereocenters. The standard InChI is InChI=1S/C10H18N2O2S2/c1-2-9-6-11-10(15-9)12-8-4-3-5-16(13,14)7-8/h8-9H,2-7H2,1H3,(H,11,12). The molecule has 92 valence electrons. The molecule has 0 aromatic heterocycles. The molecule has 1 fully saturated rings. The maximum atomic E-state index is 11.5. The van der Waals surface area contributed by atoms with E-state index in [1.165, 1.54) is 0 Å². The summed E-state index contributed by atoms with van der Waals surface area (Å²) in [5, 5.41) is 4.78. The zero-order valence-electron chi connectivity index (χ0n) is 9.48. The zero-order valence-corrected chi connectivity index (χ0v) is 11.1. The van der Waals surface area contributed by atoms with Gasteiger partial charge in [-0.15, -0.1) is 0 Å². The number of hydrogen-bond acceptors (Lipinski definition) is 5. The first kappa shape index (κ1) is 12.2. The van der Waals surface area contributed by atoms with Crippen molar-refractivity contribution < 1.29 is 8.42 Å². The van der Waals surface area contributed by atoms with Crippen molar-refractivity contribution in [2.45, 2.75) is 37.5 Å².